The van der Waals surface area contributed by atoms with Crippen LogP contribution in [0, 0.1) is 0 Å². The molecule has 0 aliphatic heterocycles. The summed E-state index contributed by atoms with van der Waals surface area (Å²) >= 11 is 0. The van der Waals surface area contributed by atoms with E-state index in [2.05, 4.69) is 6.92 Å². The highest BCUT2D eigenvalue weighted by Gasteiger charge is 2.10. The number of aryl methyl sites for hydroxylation is 1. The molecule has 1 rings (SSSR count). The minimum atomic E-state index is -4.56. The van der Waals surface area contributed by atoms with E-state index in [1.165, 1.54) is 69.9 Å². The van der Waals surface area contributed by atoms with Gasteiger partial charge in [0.15, 0.2) is 0 Å². The molecule has 0 spiro atoms. The smallest absolute Gasteiger partial charge is 0.189 e. The molecule has 0 saturated heterocycles. The Balaban J connectivity index is 2.05. The summed E-state index contributed by atoms with van der Waals surface area (Å²) < 4.78 is 34.2. The average Bonchev–Trinajstić information content (AvgIpc) is 2.49. The largest absolute Gasteiger partial charge is 0.332 e. The molecule has 0 atom stereocenters. The Morgan fingerprint density at radius 1 is 0.773 bits per heavy atom. The molecule has 0 radical (unpaired) electrons. The molecule has 0 amide bonds. The van der Waals surface area contributed by atoms with Gasteiger partial charge in [-0.25, -0.2) is 0 Å². The van der Waals surface area contributed by atoms with Gasteiger partial charge in [0.25, 0.3) is 0 Å². The van der Waals surface area contributed by atoms with Crippen LogP contribution in [0.4, 0.5) is 3.89 Å². The highest BCUT2D eigenvalue weighted by atomic mass is 32.3. The van der Waals surface area contributed by atoms with Crippen LogP contribution in [-0.4, -0.2) is 8.42 Å². The summed E-state index contributed by atoms with van der Waals surface area (Å²) in [5.74, 6) is 0. The van der Waals surface area contributed by atoms with Crippen LogP contribution in [0.3, 0.4) is 0 Å². The zero-order chi connectivity index (χ0) is 16.3. The van der Waals surface area contributed by atoms with Crippen LogP contribution >= 0.6 is 0 Å². The van der Waals surface area contributed by atoms with Gasteiger partial charge in [-0.2, -0.15) is 8.42 Å². The number of benzene rings is 1. The molecule has 0 bridgehead atoms. The van der Waals surface area contributed by atoms with Crippen LogP contribution in [0.15, 0.2) is 29.2 Å². The van der Waals surface area contributed by atoms with Crippen molar-refractivity contribution in [2.24, 2.45) is 0 Å². The Morgan fingerprint density at radius 2 is 1.23 bits per heavy atom. The van der Waals surface area contributed by atoms with E-state index in [4.69, 9.17) is 0 Å². The second kappa shape index (κ2) is 10.8. The van der Waals surface area contributed by atoms with Crippen molar-refractivity contribution in [3.8, 4) is 0 Å². The van der Waals surface area contributed by atoms with Crippen molar-refractivity contribution in [3.05, 3.63) is 29.8 Å². The lowest BCUT2D eigenvalue weighted by molar-refractivity contribution is 0.552. The third-order valence-corrected chi connectivity index (χ3v) is 4.86. The van der Waals surface area contributed by atoms with E-state index in [-0.39, 0.29) is 4.90 Å². The first-order valence-electron chi connectivity index (χ1n) is 8.57. The molecule has 0 aliphatic rings. The first-order valence-corrected chi connectivity index (χ1v) is 9.96. The summed E-state index contributed by atoms with van der Waals surface area (Å²) in [6, 6.07) is 6.11. The first kappa shape index (κ1) is 19.1. The maximum atomic E-state index is 12.7. The molecule has 0 heterocycles. The van der Waals surface area contributed by atoms with Gasteiger partial charge in [-0.05, 0) is 30.5 Å². The molecular weight excluding hydrogens is 299 g/mol. The number of halogens is 1. The average molecular weight is 328 g/mol. The number of rotatable bonds is 12. The van der Waals surface area contributed by atoms with E-state index in [0.717, 1.165) is 18.4 Å². The van der Waals surface area contributed by atoms with Crippen LogP contribution in [0.2, 0.25) is 0 Å². The van der Waals surface area contributed by atoms with E-state index < -0.39 is 10.2 Å². The van der Waals surface area contributed by atoms with Gasteiger partial charge in [-0.15, -0.1) is 3.89 Å². The Kier molecular flexibility index (Phi) is 9.37. The normalized spacial score (nSPS) is 11.7. The van der Waals surface area contributed by atoms with Crippen molar-refractivity contribution in [3.63, 3.8) is 0 Å². The summed E-state index contributed by atoms with van der Waals surface area (Å²) in [6.45, 7) is 2.24. The fourth-order valence-corrected chi connectivity index (χ4v) is 3.10. The van der Waals surface area contributed by atoms with Crippen LogP contribution < -0.4 is 0 Å². The van der Waals surface area contributed by atoms with Gasteiger partial charge >= 0.3 is 10.2 Å². The molecule has 2 nitrogen and oxygen atoms in total. The molecule has 0 unspecified atom stereocenters. The van der Waals surface area contributed by atoms with Crippen LogP contribution in [-0.2, 0) is 16.6 Å². The summed E-state index contributed by atoms with van der Waals surface area (Å²) in [7, 11) is -4.56. The quantitative estimate of drug-likeness (QED) is 0.358. The molecule has 126 valence electrons. The molecule has 0 aromatic heterocycles. The maximum absolute atomic E-state index is 12.7. The maximum Gasteiger partial charge on any atom is 0.332 e. The second-order valence-corrected chi connectivity index (χ2v) is 7.36. The van der Waals surface area contributed by atoms with Gasteiger partial charge in [-0.3, -0.25) is 0 Å². The summed E-state index contributed by atoms with van der Waals surface area (Å²) in [6.07, 6.45) is 13.9. The van der Waals surface area contributed by atoms with Crippen molar-refractivity contribution in [2.75, 3.05) is 0 Å². The fourth-order valence-electron chi connectivity index (χ4n) is 2.64. The topological polar surface area (TPSA) is 34.1 Å². The lowest BCUT2D eigenvalue weighted by Gasteiger charge is -2.03. The van der Waals surface area contributed by atoms with E-state index >= 15 is 0 Å². The van der Waals surface area contributed by atoms with Gasteiger partial charge in [0.2, 0.25) is 0 Å². The second-order valence-electron chi connectivity index (χ2n) is 6.01. The molecule has 0 saturated carbocycles. The predicted molar refractivity (Wildman–Crippen MR) is 90.3 cm³/mol. The SMILES string of the molecule is CCCCCCCCCCCCc1ccc(S(=O)(=O)F)cc1. The van der Waals surface area contributed by atoms with Crippen molar-refractivity contribution >= 4 is 10.2 Å². The number of hydrogen-bond acceptors (Lipinski definition) is 2. The Labute approximate surface area is 135 Å². The molecule has 1 aromatic carbocycles. The van der Waals surface area contributed by atoms with Crippen LogP contribution in [0.5, 0.6) is 0 Å². The summed E-state index contributed by atoms with van der Waals surface area (Å²) in [5, 5.41) is 0. The number of hydrogen-bond donors (Lipinski definition) is 0. The standard InChI is InChI=1S/C18H29FO2S/c1-2-3-4-5-6-7-8-9-10-11-12-17-13-15-18(16-14-17)22(19,20)21/h13-16H,2-12H2,1H3. The van der Waals surface area contributed by atoms with Crippen LogP contribution in [0.25, 0.3) is 0 Å². The van der Waals surface area contributed by atoms with Crippen molar-refractivity contribution in [1.82, 2.24) is 0 Å². The van der Waals surface area contributed by atoms with E-state index in [1.807, 2.05) is 0 Å². The molecule has 22 heavy (non-hydrogen) atoms. The van der Waals surface area contributed by atoms with E-state index in [0.29, 0.717) is 0 Å². The molecule has 0 N–H and O–H groups in total. The Bertz CT molecular complexity index is 494. The third kappa shape index (κ3) is 8.52. The van der Waals surface area contributed by atoms with Gasteiger partial charge < -0.3 is 0 Å². The monoisotopic (exact) mass is 328 g/mol. The molecule has 1 aromatic rings. The highest BCUT2D eigenvalue weighted by molar-refractivity contribution is 7.86. The minimum absolute atomic E-state index is 0.251. The minimum Gasteiger partial charge on any atom is -0.189 e. The number of unbranched alkanes of at least 4 members (excludes halogenated alkanes) is 9. The van der Waals surface area contributed by atoms with Gasteiger partial charge in [0, 0.05) is 0 Å². The summed E-state index contributed by atoms with van der Waals surface area (Å²) in [5.41, 5.74) is 1.08. The van der Waals surface area contributed by atoms with Gasteiger partial charge in [0.05, 0.1) is 4.90 Å². The zero-order valence-corrected chi connectivity index (χ0v) is 14.5. The van der Waals surface area contributed by atoms with Gasteiger partial charge in [-0.1, -0.05) is 76.8 Å². The van der Waals surface area contributed by atoms with Crippen molar-refractivity contribution < 1.29 is 12.3 Å². The van der Waals surface area contributed by atoms with E-state index in [1.54, 1.807) is 12.1 Å². The van der Waals surface area contributed by atoms with Gasteiger partial charge in [0.1, 0.15) is 0 Å². The third-order valence-electron chi connectivity index (χ3n) is 4.02. The molecule has 4 heteroatoms. The Hall–Kier alpha value is -0.900. The van der Waals surface area contributed by atoms with Crippen LogP contribution in [0.1, 0.15) is 76.7 Å². The predicted octanol–water partition coefficient (Wildman–Crippen LogP) is 5.81. The van der Waals surface area contributed by atoms with Crippen molar-refractivity contribution in [1.29, 1.82) is 0 Å². The fraction of sp³-hybridized carbons (Fsp3) is 0.667. The molecular formula is C18H29FO2S. The first-order chi connectivity index (χ1) is 10.5. The van der Waals surface area contributed by atoms with Crippen molar-refractivity contribution in [2.45, 2.75) is 82.4 Å². The lowest BCUT2D eigenvalue weighted by Crippen LogP contribution is -1.93. The summed E-state index contributed by atoms with van der Waals surface area (Å²) in [4.78, 5) is -0.251. The van der Waals surface area contributed by atoms with E-state index in [9.17, 15) is 12.3 Å². The lowest BCUT2D eigenvalue weighted by atomic mass is 10.0. The molecule has 0 fully saturated rings. The Morgan fingerprint density at radius 3 is 1.68 bits per heavy atom. The molecule has 0 aliphatic carbocycles. The highest BCUT2D eigenvalue weighted by Crippen LogP contribution is 2.16. The zero-order valence-electron chi connectivity index (χ0n) is 13.7.